The van der Waals surface area contributed by atoms with Crippen LogP contribution in [0.5, 0.6) is 0 Å². The minimum Gasteiger partial charge on any atom is -0.347 e. The second-order valence-corrected chi connectivity index (χ2v) is 6.65. The maximum atomic E-state index is 5.39. The lowest BCUT2D eigenvalue weighted by Gasteiger charge is -2.17. The fourth-order valence-electron chi connectivity index (χ4n) is 3.70. The van der Waals surface area contributed by atoms with E-state index in [2.05, 4.69) is 16.0 Å². The van der Waals surface area contributed by atoms with Gasteiger partial charge in [-0.15, -0.1) is 0 Å². The van der Waals surface area contributed by atoms with Crippen molar-refractivity contribution in [1.29, 1.82) is 0 Å². The van der Waals surface area contributed by atoms with Crippen LogP contribution in [-0.2, 0) is 0 Å². The average molecular weight is 276 g/mol. The monoisotopic (exact) mass is 276 g/mol. The Hall–Kier alpha value is -0.700. The van der Waals surface area contributed by atoms with Gasteiger partial charge in [-0.25, -0.2) is 4.98 Å². The fourth-order valence-corrected chi connectivity index (χ4v) is 3.92. The number of hydrogen-bond donors (Lipinski definition) is 1. The molecule has 0 radical (unpaired) electrons. The Balaban J connectivity index is 1.85. The van der Waals surface area contributed by atoms with Gasteiger partial charge in [-0.3, -0.25) is 0 Å². The van der Waals surface area contributed by atoms with Crippen molar-refractivity contribution in [3.8, 4) is 0 Å². The molecule has 1 heterocycles. The highest BCUT2D eigenvalue weighted by Gasteiger charge is 2.21. The molecule has 0 unspecified atom stereocenters. The van der Waals surface area contributed by atoms with Crippen LogP contribution in [0.1, 0.15) is 87.6 Å². The topological polar surface area (TPSA) is 28.7 Å². The van der Waals surface area contributed by atoms with Crippen LogP contribution < -0.4 is 0 Å². The van der Waals surface area contributed by atoms with E-state index in [4.69, 9.17) is 12.2 Å². The standard InChI is InChI=1S/C16H24N2S/c19-15-11-14(12-7-5-6-8-12)17-16(18-15)13-9-3-1-2-4-10-13/h11-13H,1-10H2,(H,17,18,19). The van der Waals surface area contributed by atoms with Gasteiger partial charge in [0.05, 0.1) is 0 Å². The second kappa shape index (κ2) is 6.17. The molecule has 2 nitrogen and oxygen atoms in total. The zero-order chi connectivity index (χ0) is 13.1. The number of H-pyrrole nitrogens is 1. The molecule has 2 aliphatic rings. The van der Waals surface area contributed by atoms with E-state index in [-0.39, 0.29) is 0 Å². The van der Waals surface area contributed by atoms with Gasteiger partial charge in [0.1, 0.15) is 10.5 Å². The first-order valence-corrected chi connectivity index (χ1v) is 8.35. The Bertz CT molecular complexity index is 466. The number of nitrogens with zero attached hydrogens (tertiary/aromatic N) is 1. The maximum absolute atomic E-state index is 5.39. The molecular weight excluding hydrogens is 252 g/mol. The molecule has 2 fully saturated rings. The molecule has 104 valence electrons. The van der Waals surface area contributed by atoms with E-state index in [1.165, 1.54) is 75.7 Å². The van der Waals surface area contributed by atoms with Crippen molar-refractivity contribution in [1.82, 2.24) is 9.97 Å². The molecule has 0 atom stereocenters. The van der Waals surface area contributed by atoms with Gasteiger partial charge in [0.25, 0.3) is 0 Å². The minimum atomic E-state index is 0.616. The van der Waals surface area contributed by atoms with Gasteiger partial charge in [-0.1, -0.05) is 50.7 Å². The summed E-state index contributed by atoms with van der Waals surface area (Å²) in [5.41, 5.74) is 1.36. The molecule has 1 aromatic rings. The summed E-state index contributed by atoms with van der Waals surface area (Å²) >= 11 is 5.39. The highest BCUT2D eigenvalue weighted by Crippen LogP contribution is 2.35. The summed E-state index contributed by atoms with van der Waals surface area (Å²) in [5, 5.41) is 0. The molecule has 0 spiro atoms. The van der Waals surface area contributed by atoms with E-state index in [0.717, 1.165) is 4.64 Å². The molecule has 1 aromatic heterocycles. The maximum Gasteiger partial charge on any atom is 0.130 e. The first-order valence-electron chi connectivity index (χ1n) is 7.94. The summed E-state index contributed by atoms with van der Waals surface area (Å²) in [6, 6.07) is 2.10. The quantitative estimate of drug-likeness (QED) is 0.591. The van der Waals surface area contributed by atoms with E-state index in [9.17, 15) is 0 Å². The molecule has 2 saturated carbocycles. The number of aromatic nitrogens is 2. The minimum absolute atomic E-state index is 0.616. The molecule has 0 aliphatic heterocycles. The predicted octanol–water partition coefficient (Wildman–Crippen LogP) is 5.23. The van der Waals surface area contributed by atoms with Crippen LogP contribution >= 0.6 is 12.2 Å². The van der Waals surface area contributed by atoms with E-state index < -0.39 is 0 Å². The van der Waals surface area contributed by atoms with Crippen molar-refractivity contribution in [2.45, 2.75) is 76.0 Å². The lowest BCUT2D eigenvalue weighted by Crippen LogP contribution is -2.08. The van der Waals surface area contributed by atoms with Crippen molar-refractivity contribution in [2.24, 2.45) is 0 Å². The van der Waals surface area contributed by atoms with Crippen LogP contribution in [-0.4, -0.2) is 9.97 Å². The molecule has 0 amide bonds. The zero-order valence-corrected chi connectivity index (χ0v) is 12.5. The van der Waals surface area contributed by atoms with Gasteiger partial charge in [-0.2, -0.15) is 0 Å². The van der Waals surface area contributed by atoms with Crippen LogP contribution in [0.2, 0.25) is 0 Å². The smallest absolute Gasteiger partial charge is 0.130 e. The van der Waals surface area contributed by atoms with Crippen molar-refractivity contribution < 1.29 is 0 Å². The molecular formula is C16H24N2S. The number of rotatable bonds is 2. The van der Waals surface area contributed by atoms with Crippen LogP contribution in [0.4, 0.5) is 0 Å². The third-order valence-corrected chi connectivity index (χ3v) is 5.03. The molecule has 19 heavy (non-hydrogen) atoms. The number of aromatic amines is 1. The average Bonchev–Trinajstić information content (AvgIpc) is 2.81. The van der Waals surface area contributed by atoms with Gasteiger partial charge in [0.15, 0.2) is 0 Å². The van der Waals surface area contributed by atoms with Crippen molar-refractivity contribution in [3.05, 3.63) is 22.2 Å². The van der Waals surface area contributed by atoms with Gasteiger partial charge in [0.2, 0.25) is 0 Å². The summed E-state index contributed by atoms with van der Waals surface area (Å²) in [6.45, 7) is 0. The molecule has 0 aromatic carbocycles. The summed E-state index contributed by atoms with van der Waals surface area (Å²) in [7, 11) is 0. The van der Waals surface area contributed by atoms with Crippen LogP contribution in [0, 0.1) is 4.64 Å². The van der Waals surface area contributed by atoms with E-state index in [0.29, 0.717) is 11.8 Å². The zero-order valence-electron chi connectivity index (χ0n) is 11.7. The Morgan fingerprint density at radius 1 is 0.895 bits per heavy atom. The van der Waals surface area contributed by atoms with Crippen LogP contribution in [0.25, 0.3) is 0 Å². The molecule has 3 rings (SSSR count). The highest BCUT2D eigenvalue weighted by molar-refractivity contribution is 7.71. The summed E-state index contributed by atoms with van der Waals surface area (Å²) in [4.78, 5) is 8.28. The van der Waals surface area contributed by atoms with Gasteiger partial charge in [-0.05, 0) is 37.7 Å². The van der Waals surface area contributed by atoms with Gasteiger partial charge >= 0.3 is 0 Å². The Morgan fingerprint density at radius 3 is 2.16 bits per heavy atom. The predicted molar refractivity (Wildman–Crippen MR) is 81.1 cm³/mol. The Labute approximate surface area is 121 Å². The lowest BCUT2D eigenvalue weighted by atomic mass is 9.98. The SMILES string of the molecule is S=c1cc(C2CCCC2)[nH]c(C2CCCCCC2)n1. The normalized spacial score (nSPS) is 22.5. The van der Waals surface area contributed by atoms with Crippen LogP contribution in [0.15, 0.2) is 6.07 Å². The van der Waals surface area contributed by atoms with Gasteiger partial charge in [0, 0.05) is 11.6 Å². The molecule has 0 bridgehead atoms. The van der Waals surface area contributed by atoms with E-state index in [1.54, 1.807) is 0 Å². The Morgan fingerprint density at radius 2 is 1.47 bits per heavy atom. The van der Waals surface area contributed by atoms with Crippen molar-refractivity contribution in [3.63, 3.8) is 0 Å². The highest BCUT2D eigenvalue weighted by atomic mass is 32.1. The molecule has 1 N–H and O–H groups in total. The number of nitrogens with one attached hydrogen (secondary N) is 1. The van der Waals surface area contributed by atoms with Gasteiger partial charge < -0.3 is 4.98 Å². The van der Waals surface area contributed by atoms with Crippen LogP contribution in [0.3, 0.4) is 0 Å². The largest absolute Gasteiger partial charge is 0.347 e. The molecule has 0 saturated heterocycles. The number of hydrogen-bond acceptors (Lipinski definition) is 2. The first kappa shape index (κ1) is 13.3. The third kappa shape index (κ3) is 3.25. The summed E-state index contributed by atoms with van der Waals surface area (Å²) in [6.07, 6.45) is 13.4. The fraction of sp³-hybridized carbons (Fsp3) is 0.750. The van der Waals surface area contributed by atoms with Crippen molar-refractivity contribution in [2.75, 3.05) is 0 Å². The lowest BCUT2D eigenvalue weighted by molar-refractivity contribution is 0.550. The third-order valence-electron chi connectivity index (χ3n) is 4.82. The Kier molecular flexibility index (Phi) is 4.31. The molecule has 2 aliphatic carbocycles. The first-order chi connectivity index (χ1) is 9.33. The molecule has 3 heteroatoms. The summed E-state index contributed by atoms with van der Waals surface area (Å²) < 4.78 is 0.792. The second-order valence-electron chi connectivity index (χ2n) is 6.23. The summed E-state index contributed by atoms with van der Waals surface area (Å²) in [5.74, 6) is 2.50. The van der Waals surface area contributed by atoms with Crippen molar-refractivity contribution >= 4 is 12.2 Å². The van der Waals surface area contributed by atoms with E-state index in [1.807, 2.05) is 0 Å². The van der Waals surface area contributed by atoms with E-state index >= 15 is 0 Å².